The van der Waals surface area contributed by atoms with Crippen LogP contribution in [0.2, 0.25) is 0 Å². The van der Waals surface area contributed by atoms with Gasteiger partial charge in [0.1, 0.15) is 0 Å². The van der Waals surface area contributed by atoms with Gasteiger partial charge in [0.15, 0.2) is 0 Å². The van der Waals surface area contributed by atoms with Crippen LogP contribution in [-0.4, -0.2) is 4.98 Å². The second-order valence-corrected chi connectivity index (χ2v) is 5.57. The Morgan fingerprint density at radius 2 is 1.26 bits per heavy atom. The van der Waals surface area contributed by atoms with Gasteiger partial charge >= 0.3 is 0 Å². The third kappa shape index (κ3) is 2.69. The molecule has 0 saturated carbocycles. The summed E-state index contributed by atoms with van der Waals surface area (Å²) in [6.07, 6.45) is 4.37. The molecule has 1 nitrogen and oxygen atoms in total. The smallest absolute Gasteiger partial charge is 0.0538 e. The molecule has 0 amide bonds. The first kappa shape index (κ1) is 13.6. The topological polar surface area (TPSA) is 15.8 Å². The standard InChI is InChI=1S/C22H17N/c1-3-9-17(10-4-1)15-16-20-19-13-7-8-14-21(19)23-22(20)18-11-5-2-6-12-18/h1-16,23H/b16-15+. The molecule has 0 radical (unpaired) electrons. The lowest BCUT2D eigenvalue weighted by Crippen LogP contribution is -1.80. The van der Waals surface area contributed by atoms with Gasteiger partial charge in [0.2, 0.25) is 0 Å². The van der Waals surface area contributed by atoms with Crippen molar-refractivity contribution in [2.75, 3.05) is 0 Å². The second kappa shape index (κ2) is 5.98. The van der Waals surface area contributed by atoms with Crippen molar-refractivity contribution in [3.8, 4) is 11.3 Å². The van der Waals surface area contributed by atoms with Crippen LogP contribution in [0.25, 0.3) is 34.3 Å². The first-order chi connectivity index (χ1) is 11.4. The Balaban J connectivity index is 1.88. The number of fused-ring (bicyclic) bond motifs is 1. The van der Waals surface area contributed by atoms with Crippen molar-refractivity contribution >= 4 is 23.1 Å². The minimum atomic E-state index is 1.17. The van der Waals surface area contributed by atoms with E-state index in [-0.39, 0.29) is 0 Å². The summed E-state index contributed by atoms with van der Waals surface area (Å²) in [4.78, 5) is 3.57. The van der Waals surface area contributed by atoms with Crippen LogP contribution in [0, 0.1) is 0 Å². The van der Waals surface area contributed by atoms with E-state index in [1.807, 2.05) is 12.1 Å². The lowest BCUT2D eigenvalue weighted by atomic mass is 10.0. The van der Waals surface area contributed by atoms with E-state index in [2.05, 4.69) is 89.9 Å². The number of rotatable bonds is 3. The number of aromatic nitrogens is 1. The second-order valence-electron chi connectivity index (χ2n) is 5.57. The Kier molecular flexibility index (Phi) is 3.53. The molecular weight excluding hydrogens is 278 g/mol. The zero-order valence-corrected chi connectivity index (χ0v) is 12.7. The van der Waals surface area contributed by atoms with Crippen molar-refractivity contribution in [3.05, 3.63) is 96.1 Å². The van der Waals surface area contributed by atoms with Crippen LogP contribution in [0.15, 0.2) is 84.9 Å². The van der Waals surface area contributed by atoms with E-state index in [0.717, 1.165) is 0 Å². The van der Waals surface area contributed by atoms with Crippen molar-refractivity contribution in [1.29, 1.82) is 0 Å². The SMILES string of the molecule is C(=C\c1c(-c2ccccc2)[nH]c2ccccc12)/c1ccccc1. The summed E-state index contributed by atoms with van der Waals surface area (Å²) in [5.41, 5.74) is 5.97. The molecule has 1 N–H and O–H groups in total. The molecule has 4 aromatic rings. The summed E-state index contributed by atoms with van der Waals surface area (Å²) in [6.45, 7) is 0. The van der Waals surface area contributed by atoms with Crippen LogP contribution >= 0.6 is 0 Å². The van der Waals surface area contributed by atoms with Crippen molar-refractivity contribution in [3.63, 3.8) is 0 Å². The van der Waals surface area contributed by atoms with Crippen molar-refractivity contribution in [1.82, 2.24) is 4.98 Å². The maximum absolute atomic E-state index is 3.57. The fraction of sp³-hybridized carbons (Fsp3) is 0. The molecule has 23 heavy (non-hydrogen) atoms. The summed E-state index contributed by atoms with van der Waals surface area (Å²) in [5.74, 6) is 0. The zero-order valence-electron chi connectivity index (χ0n) is 12.7. The minimum Gasteiger partial charge on any atom is -0.354 e. The molecule has 110 valence electrons. The zero-order chi connectivity index (χ0) is 15.5. The van der Waals surface area contributed by atoms with E-state index in [9.17, 15) is 0 Å². The van der Waals surface area contributed by atoms with E-state index < -0.39 is 0 Å². The summed E-state index contributed by atoms with van der Waals surface area (Å²) in [5, 5.41) is 1.25. The molecule has 3 aromatic carbocycles. The lowest BCUT2D eigenvalue weighted by Gasteiger charge is -2.01. The van der Waals surface area contributed by atoms with Gasteiger partial charge in [-0.05, 0) is 17.2 Å². The highest BCUT2D eigenvalue weighted by Gasteiger charge is 2.10. The molecule has 0 aliphatic rings. The Hall–Kier alpha value is -3.06. The van der Waals surface area contributed by atoms with Crippen molar-refractivity contribution in [2.45, 2.75) is 0 Å². The molecule has 1 heteroatoms. The molecule has 0 bridgehead atoms. The average Bonchev–Trinajstić information content (AvgIpc) is 3.00. The number of hydrogen-bond acceptors (Lipinski definition) is 0. The van der Waals surface area contributed by atoms with Gasteiger partial charge < -0.3 is 4.98 Å². The molecule has 1 heterocycles. The number of H-pyrrole nitrogens is 1. The monoisotopic (exact) mass is 295 g/mol. The number of nitrogens with one attached hydrogen (secondary N) is 1. The van der Waals surface area contributed by atoms with Crippen molar-refractivity contribution in [2.24, 2.45) is 0 Å². The van der Waals surface area contributed by atoms with Crippen molar-refractivity contribution < 1.29 is 0 Å². The highest BCUT2D eigenvalue weighted by molar-refractivity contribution is 5.98. The third-order valence-corrected chi connectivity index (χ3v) is 4.05. The van der Waals surface area contributed by atoms with Gasteiger partial charge in [-0.25, -0.2) is 0 Å². The van der Waals surface area contributed by atoms with Crippen LogP contribution in [0.5, 0.6) is 0 Å². The number of benzene rings is 3. The predicted octanol–water partition coefficient (Wildman–Crippen LogP) is 6.01. The van der Waals surface area contributed by atoms with Crippen LogP contribution in [0.1, 0.15) is 11.1 Å². The molecule has 0 saturated heterocycles. The van der Waals surface area contributed by atoms with Gasteiger partial charge in [0.25, 0.3) is 0 Å². The van der Waals surface area contributed by atoms with Gasteiger partial charge in [-0.1, -0.05) is 91.0 Å². The average molecular weight is 295 g/mol. The molecule has 4 rings (SSSR count). The van der Waals surface area contributed by atoms with Gasteiger partial charge in [-0.15, -0.1) is 0 Å². The van der Waals surface area contributed by atoms with Gasteiger partial charge in [-0.2, -0.15) is 0 Å². The quantitative estimate of drug-likeness (QED) is 0.476. The minimum absolute atomic E-state index is 1.17. The molecule has 0 aliphatic carbocycles. The van der Waals surface area contributed by atoms with E-state index in [4.69, 9.17) is 0 Å². The van der Waals surface area contributed by atoms with E-state index >= 15 is 0 Å². The first-order valence-electron chi connectivity index (χ1n) is 7.81. The summed E-state index contributed by atoms with van der Waals surface area (Å²) >= 11 is 0. The lowest BCUT2D eigenvalue weighted by molar-refractivity contribution is 1.45. The molecule has 0 fully saturated rings. The molecular formula is C22H17N. The maximum Gasteiger partial charge on any atom is 0.0538 e. The molecule has 0 spiro atoms. The summed E-state index contributed by atoms with van der Waals surface area (Å²) in [7, 11) is 0. The fourth-order valence-corrected chi connectivity index (χ4v) is 2.91. The van der Waals surface area contributed by atoms with Crippen LogP contribution < -0.4 is 0 Å². The maximum atomic E-state index is 3.57. The molecule has 0 atom stereocenters. The third-order valence-electron chi connectivity index (χ3n) is 4.05. The number of aromatic amines is 1. The fourth-order valence-electron chi connectivity index (χ4n) is 2.91. The number of hydrogen-bond donors (Lipinski definition) is 1. The molecule has 0 aliphatic heterocycles. The highest BCUT2D eigenvalue weighted by Crippen LogP contribution is 2.31. The van der Waals surface area contributed by atoms with E-state index in [1.165, 1.54) is 33.3 Å². The highest BCUT2D eigenvalue weighted by atomic mass is 14.7. The first-order valence-corrected chi connectivity index (χ1v) is 7.81. The van der Waals surface area contributed by atoms with Crippen LogP contribution in [0.4, 0.5) is 0 Å². The number of para-hydroxylation sites is 1. The summed E-state index contributed by atoms with van der Waals surface area (Å²) < 4.78 is 0. The van der Waals surface area contributed by atoms with Gasteiger partial charge in [0.05, 0.1) is 5.69 Å². The van der Waals surface area contributed by atoms with Gasteiger partial charge in [-0.3, -0.25) is 0 Å². The van der Waals surface area contributed by atoms with Gasteiger partial charge in [0, 0.05) is 16.5 Å². The Bertz CT molecular complexity index is 947. The van der Waals surface area contributed by atoms with E-state index in [1.54, 1.807) is 0 Å². The Morgan fingerprint density at radius 3 is 2.04 bits per heavy atom. The molecule has 0 unspecified atom stereocenters. The molecule has 1 aromatic heterocycles. The Labute approximate surface area is 135 Å². The largest absolute Gasteiger partial charge is 0.354 e. The normalized spacial score (nSPS) is 11.3. The summed E-state index contributed by atoms with van der Waals surface area (Å²) in [6, 6.07) is 29.3. The van der Waals surface area contributed by atoms with E-state index in [0.29, 0.717) is 0 Å². The predicted molar refractivity (Wildman–Crippen MR) is 99.1 cm³/mol. The Morgan fingerprint density at radius 1 is 0.609 bits per heavy atom. The van der Waals surface area contributed by atoms with Crippen LogP contribution in [-0.2, 0) is 0 Å². The van der Waals surface area contributed by atoms with Crippen LogP contribution in [0.3, 0.4) is 0 Å².